The zero-order valence-electron chi connectivity index (χ0n) is 48.9. The lowest BCUT2D eigenvalue weighted by atomic mass is 10.0. The summed E-state index contributed by atoms with van der Waals surface area (Å²) in [4.78, 5) is 24.5. The fraction of sp³-hybridized carbons (Fsp3) is 0.939. The van der Waals surface area contributed by atoms with Gasteiger partial charge in [0.2, 0.25) is 5.91 Å². The predicted octanol–water partition coefficient (Wildman–Crippen LogP) is 20.8. The number of amides is 1. The largest absolute Gasteiger partial charge is 0.466 e. The maximum atomic E-state index is 12.4. The number of hydrogen-bond acceptors (Lipinski definition) is 5. The van der Waals surface area contributed by atoms with Crippen molar-refractivity contribution in [1.82, 2.24) is 5.32 Å². The van der Waals surface area contributed by atoms with Crippen molar-refractivity contribution in [2.24, 2.45) is 0 Å². The number of hydrogen-bond donors (Lipinski definition) is 3. The molecule has 428 valence electrons. The van der Waals surface area contributed by atoms with Gasteiger partial charge in [0.25, 0.3) is 0 Å². The molecular weight excluding hydrogens is 887 g/mol. The molecule has 0 heterocycles. The molecule has 72 heavy (non-hydrogen) atoms. The van der Waals surface area contributed by atoms with Crippen LogP contribution >= 0.6 is 0 Å². The van der Waals surface area contributed by atoms with Crippen LogP contribution in [0.3, 0.4) is 0 Å². The molecule has 0 aliphatic heterocycles. The van der Waals surface area contributed by atoms with E-state index in [1.54, 1.807) is 0 Å². The molecule has 0 bridgehead atoms. The average Bonchev–Trinajstić information content (AvgIpc) is 3.38. The second-order valence-corrected chi connectivity index (χ2v) is 22.8. The Balaban J connectivity index is 3.30. The van der Waals surface area contributed by atoms with Gasteiger partial charge in [-0.3, -0.25) is 9.59 Å². The molecule has 0 radical (unpaired) electrons. The maximum Gasteiger partial charge on any atom is 0.305 e. The minimum atomic E-state index is -0.659. The van der Waals surface area contributed by atoms with Crippen LogP contribution in [0.15, 0.2) is 12.2 Å². The van der Waals surface area contributed by atoms with Gasteiger partial charge in [0, 0.05) is 12.8 Å². The molecule has 0 aliphatic carbocycles. The van der Waals surface area contributed by atoms with Gasteiger partial charge in [-0.1, -0.05) is 321 Å². The summed E-state index contributed by atoms with van der Waals surface area (Å²) in [6.07, 6.45) is 75.4. The lowest BCUT2D eigenvalue weighted by molar-refractivity contribution is -0.143. The Morgan fingerprint density at radius 2 is 0.653 bits per heavy atom. The smallest absolute Gasteiger partial charge is 0.305 e. The number of ether oxygens (including phenoxy) is 1. The first kappa shape index (κ1) is 70.6. The Hall–Kier alpha value is -1.40. The Bertz CT molecular complexity index is 1080. The van der Waals surface area contributed by atoms with Gasteiger partial charge in [-0.05, 0) is 51.4 Å². The molecule has 6 nitrogen and oxygen atoms in total. The summed E-state index contributed by atoms with van der Waals surface area (Å²) in [7, 11) is 0. The number of aliphatic hydroxyl groups excluding tert-OH is 2. The lowest BCUT2D eigenvalue weighted by Gasteiger charge is -2.22. The molecule has 0 aromatic rings. The fourth-order valence-corrected chi connectivity index (χ4v) is 10.5. The van der Waals surface area contributed by atoms with Crippen LogP contribution in [0.2, 0.25) is 0 Å². The summed E-state index contributed by atoms with van der Waals surface area (Å²) >= 11 is 0. The van der Waals surface area contributed by atoms with Gasteiger partial charge in [0.05, 0.1) is 25.4 Å². The number of carbonyl (C=O) groups is 2. The third-order valence-corrected chi connectivity index (χ3v) is 15.6. The molecule has 1 amide bonds. The van der Waals surface area contributed by atoms with Crippen molar-refractivity contribution in [1.29, 1.82) is 0 Å². The normalized spacial score (nSPS) is 12.6. The van der Waals surface area contributed by atoms with Gasteiger partial charge in [-0.15, -0.1) is 0 Å². The zero-order valence-corrected chi connectivity index (χ0v) is 48.9. The quantitative estimate of drug-likeness (QED) is 0.0320. The summed E-state index contributed by atoms with van der Waals surface area (Å²) < 4.78 is 5.49. The van der Waals surface area contributed by atoms with E-state index in [4.69, 9.17) is 4.74 Å². The van der Waals surface area contributed by atoms with Gasteiger partial charge < -0.3 is 20.3 Å². The highest BCUT2D eigenvalue weighted by Crippen LogP contribution is 2.19. The van der Waals surface area contributed by atoms with E-state index in [9.17, 15) is 19.8 Å². The minimum Gasteiger partial charge on any atom is -0.466 e. The van der Waals surface area contributed by atoms with E-state index >= 15 is 0 Å². The van der Waals surface area contributed by atoms with Gasteiger partial charge in [-0.2, -0.15) is 0 Å². The second-order valence-electron chi connectivity index (χ2n) is 22.8. The number of allylic oxidation sites excluding steroid dienone is 2. The second kappa shape index (κ2) is 62.1. The summed E-state index contributed by atoms with van der Waals surface area (Å²) in [6, 6.07) is -0.536. The third kappa shape index (κ3) is 57.9. The summed E-state index contributed by atoms with van der Waals surface area (Å²) in [5.74, 6) is -0.0186. The minimum absolute atomic E-state index is 0.0127. The zero-order chi connectivity index (χ0) is 52.2. The van der Waals surface area contributed by atoms with Crippen molar-refractivity contribution < 1.29 is 24.5 Å². The van der Waals surface area contributed by atoms with Crippen LogP contribution in [0, 0.1) is 0 Å². The molecule has 2 unspecified atom stereocenters. The topological polar surface area (TPSA) is 95.9 Å². The van der Waals surface area contributed by atoms with Crippen molar-refractivity contribution in [3.8, 4) is 0 Å². The van der Waals surface area contributed by atoms with Crippen LogP contribution in [0.25, 0.3) is 0 Å². The number of aliphatic hydroxyl groups is 2. The van der Waals surface area contributed by atoms with E-state index in [0.29, 0.717) is 25.9 Å². The van der Waals surface area contributed by atoms with E-state index in [1.165, 1.54) is 295 Å². The molecule has 0 spiro atoms. The average molecular weight is 1020 g/mol. The summed E-state index contributed by atoms with van der Waals surface area (Å²) in [5.41, 5.74) is 0. The van der Waals surface area contributed by atoms with E-state index in [0.717, 1.165) is 44.9 Å². The van der Waals surface area contributed by atoms with Crippen molar-refractivity contribution in [2.75, 3.05) is 13.2 Å². The third-order valence-electron chi connectivity index (χ3n) is 15.6. The van der Waals surface area contributed by atoms with Crippen LogP contribution in [-0.2, 0) is 14.3 Å². The number of rotatable bonds is 62. The Morgan fingerprint density at radius 1 is 0.375 bits per heavy atom. The Labute approximate surface area is 450 Å². The molecule has 0 aromatic heterocycles. The van der Waals surface area contributed by atoms with Crippen molar-refractivity contribution in [3.05, 3.63) is 12.2 Å². The van der Waals surface area contributed by atoms with Gasteiger partial charge in [0.1, 0.15) is 0 Å². The Morgan fingerprint density at radius 3 is 0.986 bits per heavy atom. The summed E-state index contributed by atoms with van der Waals surface area (Å²) in [5, 5.41) is 23.2. The lowest BCUT2D eigenvalue weighted by Crippen LogP contribution is -2.45. The highest BCUT2D eigenvalue weighted by Gasteiger charge is 2.20. The molecule has 0 aromatic carbocycles. The van der Waals surface area contributed by atoms with E-state index < -0.39 is 12.1 Å². The first-order chi connectivity index (χ1) is 35.5. The fourth-order valence-electron chi connectivity index (χ4n) is 10.5. The highest BCUT2D eigenvalue weighted by atomic mass is 16.5. The first-order valence-corrected chi connectivity index (χ1v) is 32.9. The number of nitrogens with one attached hydrogen (secondary N) is 1. The first-order valence-electron chi connectivity index (χ1n) is 32.9. The van der Waals surface area contributed by atoms with Crippen LogP contribution < -0.4 is 5.32 Å². The molecule has 0 fully saturated rings. The van der Waals surface area contributed by atoms with E-state index in [1.807, 2.05) is 0 Å². The van der Waals surface area contributed by atoms with Crippen molar-refractivity contribution in [3.63, 3.8) is 0 Å². The van der Waals surface area contributed by atoms with Crippen LogP contribution in [0.4, 0.5) is 0 Å². The number of unbranched alkanes of at least 4 members (excludes halogenated alkanes) is 49. The monoisotopic (exact) mass is 1020 g/mol. The molecule has 3 N–H and O–H groups in total. The molecule has 2 atom stereocenters. The van der Waals surface area contributed by atoms with Gasteiger partial charge in [0.15, 0.2) is 0 Å². The summed E-state index contributed by atoms with van der Waals surface area (Å²) in [6.45, 7) is 4.96. The van der Waals surface area contributed by atoms with Crippen LogP contribution in [0.1, 0.15) is 373 Å². The van der Waals surface area contributed by atoms with Crippen molar-refractivity contribution >= 4 is 11.9 Å². The molecule has 6 heteroatoms. The molecule has 0 aliphatic rings. The predicted molar refractivity (Wildman–Crippen MR) is 315 cm³/mol. The Kier molecular flexibility index (Phi) is 60.9. The molecular formula is C66H129NO5. The maximum absolute atomic E-state index is 12.4. The molecule has 0 saturated carbocycles. The SMILES string of the molecule is CCCCCCCCC/C=C\CCCCCCCC(=O)OCCCCCCCCCCCCCCCCCCCCCCCCCCCCCCCC(=O)NC(CO)C(O)CCCCCCCCCCCC. The van der Waals surface area contributed by atoms with Crippen LogP contribution in [-0.4, -0.2) is 47.4 Å². The standard InChI is InChI=1S/C66H129NO5/c1-3-5-7-9-11-13-15-16-17-34-37-40-44-48-52-56-60-66(71)72-61-57-53-49-45-41-38-35-32-30-28-26-24-22-20-18-19-21-23-25-27-29-31-33-36-39-43-47-51-55-59-65(70)67-63(62-68)64(69)58-54-50-46-42-14-12-10-8-6-4-2/h17,34,63-64,68-69H,3-16,18-33,35-62H2,1-2H3,(H,67,70)/b34-17-. The van der Waals surface area contributed by atoms with E-state index in [2.05, 4.69) is 31.3 Å². The molecule has 0 saturated heterocycles. The van der Waals surface area contributed by atoms with E-state index in [-0.39, 0.29) is 18.5 Å². The van der Waals surface area contributed by atoms with Gasteiger partial charge >= 0.3 is 5.97 Å². The van der Waals surface area contributed by atoms with Crippen molar-refractivity contribution in [2.45, 2.75) is 386 Å². The van der Waals surface area contributed by atoms with Crippen LogP contribution in [0.5, 0.6) is 0 Å². The number of carbonyl (C=O) groups excluding carboxylic acids is 2. The molecule has 0 rings (SSSR count). The number of esters is 1. The highest BCUT2D eigenvalue weighted by molar-refractivity contribution is 5.76. The van der Waals surface area contributed by atoms with Gasteiger partial charge in [-0.25, -0.2) is 0 Å².